The molecule has 358 valence electrons. The van der Waals surface area contributed by atoms with E-state index in [4.69, 9.17) is 56.8 Å². The van der Waals surface area contributed by atoms with Crippen LogP contribution in [0.2, 0.25) is 0 Å². The smallest absolute Gasteiger partial charge is 0.123 e. The Morgan fingerprint density at radius 3 is 1.10 bits per heavy atom. The van der Waals surface area contributed by atoms with Crippen molar-refractivity contribution in [2.24, 2.45) is 0 Å². The molecule has 2 aromatic carbocycles. The first-order valence-electron chi connectivity index (χ1n) is 20.8. The molecule has 2 saturated heterocycles. The molecule has 2 aliphatic heterocycles. The van der Waals surface area contributed by atoms with Gasteiger partial charge in [0.05, 0.1) is 105 Å². The molecule has 0 bridgehead atoms. The van der Waals surface area contributed by atoms with Crippen molar-refractivity contribution in [1.82, 2.24) is 0 Å². The Balaban J connectivity index is 0.000000409. The van der Waals surface area contributed by atoms with Crippen molar-refractivity contribution < 1.29 is 67.1 Å². The van der Waals surface area contributed by atoms with Crippen LogP contribution in [0.25, 0.3) is 0 Å². The van der Waals surface area contributed by atoms with Gasteiger partial charge in [0.1, 0.15) is 61.6 Å². The lowest BCUT2D eigenvalue weighted by atomic mass is 10.3. The van der Waals surface area contributed by atoms with Crippen molar-refractivity contribution in [3.63, 3.8) is 0 Å². The highest BCUT2D eigenvalue weighted by Gasteiger charge is 2.24. The van der Waals surface area contributed by atoms with Gasteiger partial charge in [0.25, 0.3) is 0 Å². The van der Waals surface area contributed by atoms with Gasteiger partial charge in [0.15, 0.2) is 0 Å². The molecule has 0 aliphatic carbocycles. The summed E-state index contributed by atoms with van der Waals surface area (Å²) in [6, 6.07) is 14.9. The van der Waals surface area contributed by atoms with Crippen molar-refractivity contribution in [3.8, 4) is 23.0 Å². The number of ether oxygens (including phenoxy) is 12. The molecule has 0 radical (unpaired) electrons. The number of epoxide rings is 2. The number of rotatable bonds is 39. The molecule has 0 spiro atoms. The number of thiol groups is 4. The van der Waals surface area contributed by atoms with Crippen molar-refractivity contribution in [2.45, 2.75) is 24.4 Å². The second-order valence-electron chi connectivity index (χ2n) is 13.1. The van der Waals surface area contributed by atoms with E-state index < -0.39 is 12.2 Å². The summed E-state index contributed by atoms with van der Waals surface area (Å²) < 4.78 is 64.3. The molecule has 20 heteroatoms. The van der Waals surface area contributed by atoms with Crippen LogP contribution in [0.1, 0.15) is 0 Å². The van der Waals surface area contributed by atoms with Crippen molar-refractivity contribution in [1.29, 1.82) is 0 Å². The zero-order valence-electron chi connectivity index (χ0n) is 35.7. The lowest BCUT2D eigenvalue weighted by Gasteiger charge is -2.15. The molecule has 4 rings (SSSR count). The molecule has 2 aliphatic rings. The fraction of sp³-hybridized carbons (Fsp3) is 0.714. The first-order chi connectivity index (χ1) is 30.5. The van der Waals surface area contributed by atoms with Gasteiger partial charge in [-0.2, -0.15) is 74.0 Å². The number of aliphatic hydroxyl groups is 2. The summed E-state index contributed by atoms with van der Waals surface area (Å²) >= 11 is 19.3. The van der Waals surface area contributed by atoms with Gasteiger partial charge in [-0.15, -0.1) is 0 Å². The summed E-state index contributed by atoms with van der Waals surface area (Å²) in [7, 11) is 0. The van der Waals surface area contributed by atoms with Crippen LogP contribution < -0.4 is 18.9 Å². The molecule has 62 heavy (non-hydrogen) atoms. The predicted molar refractivity (Wildman–Crippen MR) is 261 cm³/mol. The topological polar surface area (TPSA) is 158 Å². The second kappa shape index (κ2) is 41.7. The van der Waals surface area contributed by atoms with E-state index in [1.54, 1.807) is 29.6 Å². The average Bonchev–Trinajstić information content (AvgIpc) is 4.24. The third-order valence-electron chi connectivity index (χ3n) is 7.60. The molecule has 0 saturated carbocycles. The maximum atomic E-state index is 10.1. The van der Waals surface area contributed by atoms with Crippen molar-refractivity contribution in [2.75, 3.05) is 165 Å². The monoisotopic (exact) mass is 990 g/mol. The normalized spacial score (nSPS) is 16.0. The minimum Gasteiger partial charge on any atom is -0.491 e. The fourth-order valence-electron chi connectivity index (χ4n) is 4.39. The molecule has 2 aromatic rings. The standard InChI is InChI=1S/C24H42O8S4.C12H14O4.C6H14O2S2/c25-21(19-35-14-10-29-6-4-27-8-12-33)17-31-23-2-1-3-24(16-23)32-18-22(26)20-36-15-11-30-7-5-28-9-13-34;1-2-9(13-5-11-7-15-11)4-10(3-1)14-6-12-8-16-12;9-5-3-7-1-2-8-4-6-10/h1-3,16,21-22,25-26,33-34H,4-15,17-20H2;1-4,11-12H,5-8H2;9-10H,1-6H2. The maximum Gasteiger partial charge on any atom is 0.123 e. The Labute approximate surface area is 399 Å². The van der Waals surface area contributed by atoms with E-state index >= 15 is 0 Å². The molecular weight excluding hydrogens is 921 g/mol. The minimum atomic E-state index is -0.582. The van der Waals surface area contributed by atoms with E-state index in [-0.39, 0.29) is 25.4 Å². The number of benzene rings is 2. The third kappa shape index (κ3) is 36.5. The highest BCUT2D eigenvalue weighted by Crippen LogP contribution is 2.23. The van der Waals surface area contributed by atoms with Crippen LogP contribution in [-0.2, 0) is 37.9 Å². The molecule has 2 N–H and O–H groups in total. The van der Waals surface area contributed by atoms with Gasteiger partial charge >= 0.3 is 0 Å². The molecule has 2 heterocycles. The van der Waals surface area contributed by atoms with E-state index in [2.05, 4.69) is 50.5 Å². The van der Waals surface area contributed by atoms with Crippen LogP contribution in [0.15, 0.2) is 48.5 Å². The molecule has 0 amide bonds. The first-order valence-corrected chi connectivity index (χ1v) is 25.7. The molecule has 4 unspecified atom stereocenters. The summed E-state index contributed by atoms with van der Waals surface area (Å²) in [6.45, 7) is 10.8. The highest BCUT2D eigenvalue weighted by atomic mass is 32.2. The highest BCUT2D eigenvalue weighted by molar-refractivity contribution is 7.99. The van der Waals surface area contributed by atoms with Crippen LogP contribution in [0, 0.1) is 0 Å². The molecule has 0 aromatic heterocycles. The zero-order valence-corrected chi connectivity index (χ0v) is 40.9. The van der Waals surface area contributed by atoms with Gasteiger partial charge in [-0.05, 0) is 24.3 Å². The Kier molecular flexibility index (Phi) is 38.7. The quantitative estimate of drug-likeness (QED) is 0.0312. The van der Waals surface area contributed by atoms with Crippen molar-refractivity contribution in [3.05, 3.63) is 48.5 Å². The van der Waals surface area contributed by atoms with Gasteiger partial charge in [-0.3, -0.25) is 0 Å². The number of hydrogen-bond donors (Lipinski definition) is 6. The summed E-state index contributed by atoms with van der Waals surface area (Å²) in [5, 5.41) is 20.3. The fourth-order valence-corrected chi connectivity index (χ4v) is 6.45. The Morgan fingerprint density at radius 1 is 0.484 bits per heavy atom. The Bertz CT molecular complexity index is 1200. The maximum absolute atomic E-state index is 10.1. The summed E-state index contributed by atoms with van der Waals surface area (Å²) in [5.41, 5.74) is 0. The van der Waals surface area contributed by atoms with Gasteiger partial charge in [-0.1, -0.05) is 12.1 Å². The van der Waals surface area contributed by atoms with E-state index in [0.29, 0.717) is 127 Å². The van der Waals surface area contributed by atoms with E-state index in [0.717, 1.165) is 47.7 Å². The van der Waals surface area contributed by atoms with Crippen LogP contribution >= 0.6 is 74.0 Å². The van der Waals surface area contributed by atoms with E-state index in [1.165, 1.54) is 0 Å². The molecule has 4 atom stereocenters. The largest absolute Gasteiger partial charge is 0.491 e. The first kappa shape index (κ1) is 57.5. The van der Waals surface area contributed by atoms with Crippen LogP contribution in [0.5, 0.6) is 23.0 Å². The number of aliphatic hydroxyl groups excluding tert-OH is 2. The summed E-state index contributed by atoms with van der Waals surface area (Å²) in [6.07, 6.45) is -0.600. The average molecular weight is 991 g/mol. The van der Waals surface area contributed by atoms with Crippen LogP contribution in [-0.4, -0.2) is 200 Å². The van der Waals surface area contributed by atoms with E-state index in [9.17, 15) is 10.2 Å². The van der Waals surface area contributed by atoms with Crippen LogP contribution in [0.3, 0.4) is 0 Å². The molecular formula is C42H70O14S6. The minimum absolute atomic E-state index is 0.192. The van der Waals surface area contributed by atoms with Gasteiger partial charge in [0.2, 0.25) is 0 Å². The Morgan fingerprint density at radius 2 is 0.790 bits per heavy atom. The van der Waals surface area contributed by atoms with Gasteiger partial charge in [-0.25, -0.2) is 0 Å². The van der Waals surface area contributed by atoms with E-state index in [1.807, 2.05) is 42.5 Å². The Hall–Kier alpha value is -0.660. The third-order valence-corrected chi connectivity index (χ3v) is 10.5. The predicted octanol–water partition coefficient (Wildman–Crippen LogP) is 4.68. The van der Waals surface area contributed by atoms with Gasteiger partial charge < -0.3 is 67.1 Å². The summed E-state index contributed by atoms with van der Waals surface area (Å²) in [5.74, 6) is 8.55. The second-order valence-corrected chi connectivity index (χ2v) is 17.2. The molecule has 2 fully saturated rings. The number of thioether (sulfide) groups is 2. The number of hydrogen-bond acceptors (Lipinski definition) is 20. The SMILES string of the molecule is OC(COc1cccc(OCC(O)CSCCOCCOCCS)c1)CSCCOCCOCCS.SCCOCCOCCS.c1cc(OCC2CO2)cc(OCC2CO2)c1. The van der Waals surface area contributed by atoms with Gasteiger partial charge in [0, 0.05) is 58.2 Å². The summed E-state index contributed by atoms with van der Waals surface area (Å²) in [4.78, 5) is 0. The lowest BCUT2D eigenvalue weighted by Crippen LogP contribution is -2.21. The van der Waals surface area contributed by atoms with Crippen molar-refractivity contribution >= 4 is 74.0 Å². The van der Waals surface area contributed by atoms with Crippen LogP contribution in [0.4, 0.5) is 0 Å². The zero-order chi connectivity index (χ0) is 44.6. The molecule has 14 nitrogen and oxygen atoms in total. The lowest BCUT2D eigenvalue weighted by molar-refractivity contribution is 0.0605.